The summed E-state index contributed by atoms with van der Waals surface area (Å²) in [6.45, 7) is 4.85. The maximum Gasteiger partial charge on any atom is 0.139 e. The summed E-state index contributed by atoms with van der Waals surface area (Å²) in [4.78, 5) is 14.8. The van der Waals surface area contributed by atoms with Crippen LogP contribution in [0.3, 0.4) is 0 Å². The zero-order valence-corrected chi connectivity index (χ0v) is 16.0. The van der Waals surface area contributed by atoms with Crippen molar-refractivity contribution in [3.63, 3.8) is 0 Å². The minimum Gasteiger partial charge on any atom is -0.344 e. The molecule has 27 heavy (non-hydrogen) atoms. The highest BCUT2D eigenvalue weighted by Gasteiger charge is 2.22. The fourth-order valence-electron chi connectivity index (χ4n) is 4.11. The summed E-state index contributed by atoms with van der Waals surface area (Å²) in [6, 6.07) is 12.8. The number of hydrogen-bond acceptors (Lipinski definition) is 2. The molecule has 1 aromatic heterocycles. The lowest BCUT2D eigenvalue weighted by Gasteiger charge is -2.24. The lowest BCUT2D eigenvalue weighted by Crippen LogP contribution is -2.27. The smallest absolute Gasteiger partial charge is 0.139 e. The van der Waals surface area contributed by atoms with Gasteiger partial charge in [0.2, 0.25) is 0 Å². The van der Waals surface area contributed by atoms with E-state index < -0.39 is 0 Å². The fraction of sp³-hybridized carbons (Fsp3) is 0.348. The molecular weight excluding hydrogens is 339 g/mol. The van der Waals surface area contributed by atoms with Crippen molar-refractivity contribution >= 4 is 16.7 Å². The van der Waals surface area contributed by atoms with Crippen molar-refractivity contribution in [1.82, 2.24) is 9.47 Å². The predicted molar refractivity (Wildman–Crippen MR) is 106 cm³/mol. The Morgan fingerprint density at radius 1 is 1.15 bits per heavy atom. The van der Waals surface area contributed by atoms with Crippen molar-refractivity contribution in [2.75, 3.05) is 13.6 Å². The van der Waals surface area contributed by atoms with Crippen molar-refractivity contribution in [1.29, 1.82) is 0 Å². The van der Waals surface area contributed by atoms with E-state index in [1.807, 2.05) is 0 Å². The van der Waals surface area contributed by atoms with E-state index in [1.165, 1.54) is 39.9 Å². The highest BCUT2D eigenvalue weighted by Crippen LogP contribution is 2.31. The van der Waals surface area contributed by atoms with Crippen LogP contribution in [0.2, 0.25) is 0 Å². The van der Waals surface area contributed by atoms with Crippen molar-refractivity contribution in [3.8, 4) is 0 Å². The molecule has 4 heteroatoms. The first-order valence-corrected chi connectivity index (χ1v) is 9.56. The molecule has 0 fully saturated rings. The maximum atomic E-state index is 13.0. The van der Waals surface area contributed by atoms with Crippen LogP contribution in [-0.4, -0.2) is 28.8 Å². The van der Waals surface area contributed by atoms with E-state index >= 15 is 0 Å². The average Bonchev–Trinajstić information content (AvgIpc) is 2.94. The van der Waals surface area contributed by atoms with Crippen LogP contribution < -0.4 is 0 Å². The largest absolute Gasteiger partial charge is 0.344 e. The number of hydrogen-bond donors (Lipinski definition) is 0. The fourth-order valence-corrected chi connectivity index (χ4v) is 4.11. The number of carbonyl (C=O) groups is 1. The van der Waals surface area contributed by atoms with Gasteiger partial charge in [0, 0.05) is 55.5 Å². The van der Waals surface area contributed by atoms with Crippen LogP contribution >= 0.6 is 0 Å². The Hall–Kier alpha value is -2.46. The van der Waals surface area contributed by atoms with Gasteiger partial charge in [-0.2, -0.15) is 0 Å². The Morgan fingerprint density at radius 3 is 2.70 bits per heavy atom. The summed E-state index contributed by atoms with van der Waals surface area (Å²) in [5.41, 5.74) is 6.16. The normalized spacial score (nSPS) is 14.5. The molecular formula is C23H25FN2O. The number of fused-ring (bicyclic) bond motifs is 3. The molecule has 0 unspecified atom stereocenters. The van der Waals surface area contributed by atoms with Gasteiger partial charge in [0.05, 0.1) is 0 Å². The summed E-state index contributed by atoms with van der Waals surface area (Å²) in [5.74, 6) is -0.0749. The van der Waals surface area contributed by atoms with Gasteiger partial charge in [0.15, 0.2) is 0 Å². The molecule has 4 rings (SSSR count). The van der Waals surface area contributed by atoms with E-state index in [0.717, 1.165) is 25.1 Å². The number of likely N-dealkylation sites (N-methyl/N-ethyl adjacent to an activating group) is 1. The minimum absolute atomic E-state index is 0.192. The molecule has 0 bridgehead atoms. The summed E-state index contributed by atoms with van der Waals surface area (Å²) < 4.78 is 15.4. The van der Waals surface area contributed by atoms with Crippen LogP contribution in [0, 0.1) is 12.7 Å². The summed E-state index contributed by atoms with van der Waals surface area (Å²) >= 11 is 0. The number of halogens is 1. The first kappa shape index (κ1) is 17.9. The van der Waals surface area contributed by atoms with Gasteiger partial charge >= 0.3 is 0 Å². The highest BCUT2D eigenvalue weighted by atomic mass is 19.1. The number of ketones is 1. The van der Waals surface area contributed by atoms with Crippen molar-refractivity contribution in [2.45, 2.75) is 39.3 Å². The molecule has 0 spiro atoms. The number of rotatable bonds is 5. The van der Waals surface area contributed by atoms with Crippen LogP contribution in [-0.2, 0) is 30.7 Å². The number of carbonyl (C=O) groups excluding carboxylic acids is 1. The van der Waals surface area contributed by atoms with E-state index in [0.29, 0.717) is 19.4 Å². The number of benzene rings is 2. The zero-order valence-electron chi connectivity index (χ0n) is 16.0. The van der Waals surface area contributed by atoms with Crippen LogP contribution in [0.15, 0.2) is 42.5 Å². The molecule has 3 nitrogen and oxygen atoms in total. The number of aryl methyl sites for hydroxylation is 2. The third-order valence-electron chi connectivity index (χ3n) is 5.53. The zero-order chi connectivity index (χ0) is 19.0. The quantitative estimate of drug-likeness (QED) is 0.675. The van der Waals surface area contributed by atoms with Crippen LogP contribution in [0.25, 0.3) is 10.9 Å². The Kier molecular flexibility index (Phi) is 4.83. The molecule has 0 N–H and O–H groups in total. The molecule has 0 amide bonds. The lowest BCUT2D eigenvalue weighted by molar-refractivity contribution is -0.118. The predicted octanol–water partition coefficient (Wildman–Crippen LogP) is 4.28. The number of nitrogens with zero attached hydrogens (tertiary/aromatic N) is 2. The minimum atomic E-state index is -0.267. The van der Waals surface area contributed by atoms with Crippen molar-refractivity contribution in [2.24, 2.45) is 0 Å². The standard InChI is InChI=1S/C23H25FN2O/c1-16-3-8-22-20(13-16)21-15-25(2)11-10-23(21)26(22)12-9-19(27)14-17-4-6-18(24)7-5-17/h3-8,13H,9-12,14-15H2,1-2H3. The lowest BCUT2D eigenvalue weighted by atomic mass is 10.0. The Balaban J connectivity index is 1.56. The van der Waals surface area contributed by atoms with Gasteiger partial charge in [-0.15, -0.1) is 0 Å². The van der Waals surface area contributed by atoms with Crippen molar-refractivity contribution in [3.05, 3.63) is 70.7 Å². The number of aromatic nitrogens is 1. The van der Waals surface area contributed by atoms with Crippen LogP contribution in [0.4, 0.5) is 4.39 Å². The van der Waals surface area contributed by atoms with Gasteiger partial charge in [-0.05, 0) is 49.4 Å². The second kappa shape index (κ2) is 7.28. The van der Waals surface area contributed by atoms with E-state index in [9.17, 15) is 9.18 Å². The maximum absolute atomic E-state index is 13.0. The topological polar surface area (TPSA) is 25.2 Å². The van der Waals surface area contributed by atoms with Gasteiger partial charge in [0.25, 0.3) is 0 Å². The van der Waals surface area contributed by atoms with E-state index in [-0.39, 0.29) is 11.6 Å². The van der Waals surface area contributed by atoms with Gasteiger partial charge in [-0.25, -0.2) is 4.39 Å². The molecule has 1 aliphatic rings. The average molecular weight is 364 g/mol. The van der Waals surface area contributed by atoms with Crippen LogP contribution in [0.5, 0.6) is 0 Å². The van der Waals surface area contributed by atoms with Gasteiger partial charge < -0.3 is 9.47 Å². The van der Waals surface area contributed by atoms with Crippen LogP contribution in [0.1, 0.15) is 28.8 Å². The van der Waals surface area contributed by atoms with Gasteiger partial charge in [0.1, 0.15) is 11.6 Å². The molecule has 140 valence electrons. The first-order valence-electron chi connectivity index (χ1n) is 9.56. The first-order chi connectivity index (χ1) is 13.0. The van der Waals surface area contributed by atoms with Gasteiger partial charge in [-0.1, -0.05) is 23.8 Å². The molecule has 1 aliphatic heterocycles. The molecule has 0 saturated carbocycles. The summed E-state index contributed by atoms with van der Waals surface area (Å²) in [6.07, 6.45) is 1.88. The molecule has 2 heterocycles. The Labute approximate surface area is 159 Å². The summed E-state index contributed by atoms with van der Waals surface area (Å²) in [7, 11) is 2.16. The third kappa shape index (κ3) is 3.67. The third-order valence-corrected chi connectivity index (χ3v) is 5.53. The van der Waals surface area contributed by atoms with Gasteiger partial charge in [-0.3, -0.25) is 4.79 Å². The monoisotopic (exact) mass is 364 g/mol. The van der Waals surface area contributed by atoms with E-state index in [4.69, 9.17) is 0 Å². The van der Waals surface area contributed by atoms with E-state index in [2.05, 4.69) is 41.6 Å². The second-order valence-electron chi connectivity index (χ2n) is 7.68. The highest BCUT2D eigenvalue weighted by molar-refractivity contribution is 5.87. The Morgan fingerprint density at radius 2 is 1.93 bits per heavy atom. The Bertz CT molecular complexity index is 988. The molecule has 0 saturated heterocycles. The molecule has 3 aromatic rings. The van der Waals surface area contributed by atoms with E-state index in [1.54, 1.807) is 12.1 Å². The molecule has 0 aliphatic carbocycles. The van der Waals surface area contributed by atoms with Crippen molar-refractivity contribution < 1.29 is 9.18 Å². The molecule has 2 aromatic carbocycles. The SMILES string of the molecule is Cc1ccc2c(c1)c1c(n2CCC(=O)Cc2ccc(F)cc2)CCN(C)C1. The summed E-state index contributed by atoms with van der Waals surface area (Å²) in [5, 5.41) is 1.32. The molecule has 0 atom stereocenters. The second-order valence-corrected chi connectivity index (χ2v) is 7.68. The molecule has 0 radical (unpaired) electrons. The number of Topliss-reactive ketones (excluding diaryl/α,β-unsaturated/α-hetero) is 1.